The lowest BCUT2D eigenvalue weighted by atomic mass is 9.97. The van der Waals surface area contributed by atoms with Crippen LogP contribution in [0.1, 0.15) is 49.8 Å². The third kappa shape index (κ3) is 3.46. The molecule has 1 aromatic rings. The van der Waals surface area contributed by atoms with Crippen LogP contribution in [0.4, 0.5) is 4.39 Å². The van der Waals surface area contributed by atoms with E-state index in [0.717, 1.165) is 31.8 Å². The van der Waals surface area contributed by atoms with Gasteiger partial charge >= 0.3 is 0 Å². The van der Waals surface area contributed by atoms with Crippen LogP contribution < -0.4 is 5.32 Å². The number of halogens is 1. The summed E-state index contributed by atoms with van der Waals surface area (Å²) in [4.78, 5) is 2.65. The first-order valence-electron chi connectivity index (χ1n) is 8.51. The summed E-state index contributed by atoms with van der Waals surface area (Å²) in [6, 6.07) is 5.89. The van der Waals surface area contributed by atoms with Gasteiger partial charge in [-0.25, -0.2) is 4.39 Å². The fourth-order valence-corrected chi connectivity index (χ4v) is 4.02. The number of rotatable bonds is 5. The number of benzene rings is 1. The lowest BCUT2D eigenvalue weighted by Crippen LogP contribution is -2.39. The molecule has 2 unspecified atom stereocenters. The van der Waals surface area contributed by atoms with Crippen molar-refractivity contribution in [3.8, 4) is 0 Å². The molecule has 0 radical (unpaired) electrons. The maximum atomic E-state index is 13.4. The van der Waals surface area contributed by atoms with Gasteiger partial charge in [0.05, 0.1) is 0 Å². The summed E-state index contributed by atoms with van der Waals surface area (Å²) in [5.74, 6) is 0.683. The van der Waals surface area contributed by atoms with Crippen molar-refractivity contribution in [1.82, 2.24) is 10.2 Å². The highest BCUT2D eigenvalue weighted by atomic mass is 19.1. The van der Waals surface area contributed by atoms with Crippen LogP contribution in [-0.2, 0) is 6.42 Å². The Balaban J connectivity index is 1.72. The van der Waals surface area contributed by atoms with Gasteiger partial charge < -0.3 is 5.32 Å². The Morgan fingerprint density at radius 1 is 1.33 bits per heavy atom. The fraction of sp³-hybridized carbons (Fsp3) is 0.667. The summed E-state index contributed by atoms with van der Waals surface area (Å²) in [5.41, 5.74) is 2.59. The molecule has 21 heavy (non-hydrogen) atoms. The minimum atomic E-state index is -0.0899. The summed E-state index contributed by atoms with van der Waals surface area (Å²) >= 11 is 0. The molecule has 116 valence electrons. The van der Waals surface area contributed by atoms with E-state index in [0.29, 0.717) is 6.04 Å². The number of aryl methyl sites for hydroxylation is 1. The molecule has 2 nitrogen and oxygen atoms in total. The third-order valence-electron chi connectivity index (χ3n) is 4.99. The second-order valence-corrected chi connectivity index (χ2v) is 6.60. The molecule has 0 bridgehead atoms. The average molecular weight is 290 g/mol. The summed E-state index contributed by atoms with van der Waals surface area (Å²) in [7, 11) is 0. The molecule has 3 heteroatoms. The average Bonchev–Trinajstić information content (AvgIpc) is 2.90. The van der Waals surface area contributed by atoms with E-state index >= 15 is 0 Å². The van der Waals surface area contributed by atoms with E-state index in [2.05, 4.69) is 17.1 Å². The molecule has 1 aromatic carbocycles. The predicted molar refractivity (Wildman–Crippen MR) is 84.9 cm³/mol. The van der Waals surface area contributed by atoms with Gasteiger partial charge in [-0.3, -0.25) is 4.90 Å². The summed E-state index contributed by atoms with van der Waals surface area (Å²) < 4.78 is 13.4. The van der Waals surface area contributed by atoms with E-state index in [1.165, 1.54) is 43.5 Å². The van der Waals surface area contributed by atoms with Gasteiger partial charge in [0.2, 0.25) is 0 Å². The molecule has 2 aliphatic rings. The van der Waals surface area contributed by atoms with Crippen molar-refractivity contribution in [2.75, 3.05) is 26.2 Å². The van der Waals surface area contributed by atoms with Gasteiger partial charge in [-0.2, -0.15) is 0 Å². The molecule has 3 rings (SSSR count). The number of piperidine rings is 1. The van der Waals surface area contributed by atoms with Gasteiger partial charge in [-0.05, 0) is 80.9 Å². The first-order valence-corrected chi connectivity index (χ1v) is 8.51. The molecule has 2 atom stereocenters. The van der Waals surface area contributed by atoms with Crippen molar-refractivity contribution in [1.29, 1.82) is 0 Å². The van der Waals surface area contributed by atoms with Gasteiger partial charge in [0, 0.05) is 12.6 Å². The van der Waals surface area contributed by atoms with Crippen LogP contribution in [0.15, 0.2) is 18.2 Å². The molecule has 1 aliphatic heterocycles. The number of fused-ring (bicyclic) bond motifs is 1. The van der Waals surface area contributed by atoms with E-state index in [1.54, 1.807) is 12.1 Å². The van der Waals surface area contributed by atoms with Crippen molar-refractivity contribution in [2.45, 2.75) is 45.1 Å². The standard InChI is InChI=1S/C18H27FN2/c1-2-10-21(13-14-4-3-9-20-12-14)18-8-5-15-11-16(19)6-7-17(15)18/h6-7,11,14,18,20H,2-5,8-10,12-13H2,1H3. The van der Waals surface area contributed by atoms with Gasteiger partial charge in [0.1, 0.15) is 5.82 Å². The molecular formula is C18H27FN2. The van der Waals surface area contributed by atoms with Crippen LogP contribution in [-0.4, -0.2) is 31.1 Å². The van der Waals surface area contributed by atoms with E-state index in [4.69, 9.17) is 0 Å². The number of nitrogens with one attached hydrogen (secondary N) is 1. The molecule has 1 heterocycles. The quantitative estimate of drug-likeness (QED) is 0.892. The third-order valence-corrected chi connectivity index (χ3v) is 4.99. The van der Waals surface area contributed by atoms with Crippen molar-refractivity contribution >= 4 is 0 Å². The van der Waals surface area contributed by atoms with E-state index < -0.39 is 0 Å². The summed E-state index contributed by atoms with van der Waals surface area (Å²) in [6.45, 7) is 6.92. The highest BCUT2D eigenvalue weighted by molar-refractivity contribution is 5.35. The van der Waals surface area contributed by atoms with Crippen molar-refractivity contribution in [3.05, 3.63) is 35.1 Å². The van der Waals surface area contributed by atoms with Crippen LogP contribution in [0.2, 0.25) is 0 Å². The largest absolute Gasteiger partial charge is 0.316 e. The van der Waals surface area contributed by atoms with Crippen LogP contribution >= 0.6 is 0 Å². The minimum Gasteiger partial charge on any atom is -0.316 e. The maximum absolute atomic E-state index is 13.4. The van der Waals surface area contributed by atoms with Gasteiger partial charge in [0.25, 0.3) is 0 Å². The molecule has 1 saturated heterocycles. The second kappa shape index (κ2) is 6.89. The minimum absolute atomic E-state index is 0.0899. The monoisotopic (exact) mass is 290 g/mol. The van der Waals surface area contributed by atoms with Crippen molar-refractivity contribution < 1.29 is 4.39 Å². The summed E-state index contributed by atoms with van der Waals surface area (Å²) in [5, 5.41) is 3.52. The second-order valence-electron chi connectivity index (χ2n) is 6.60. The molecule has 0 aromatic heterocycles. The molecule has 0 amide bonds. The van der Waals surface area contributed by atoms with Crippen molar-refractivity contribution in [2.24, 2.45) is 5.92 Å². The lowest BCUT2D eigenvalue weighted by Gasteiger charge is -2.34. The van der Waals surface area contributed by atoms with E-state index in [-0.39, 0.29) is 5.82 Å². The zero-order valence-electron chi connectivity index (χ0n) is 13.1. The Bertz CT molecular complexity index is 468. The SMILES string of the molecule is CCCN(CC1CCCNC1)C1CCc2cc(F)ccc21. The molecule has 1 aliphatic carbocycles. The fourth-order valence-electron chi connectivity index (χ4n) is 4.02. The Labute approximate surface area is 127 Å². The number of hydrogen-bond acceptors (Lipinski definition) is 2. The molecule has 0 spiro atoms. The number of nitrogens with zero attached hydrogens (tertiary/aromatic N) is 1. The topological polar surface area (TPSA) is 15.3 Å². The van der Waals surface area contributed by atoms with Crippen LogP contribution in [0.25, 0.3) is 0 Å². The number of hydrogen-bond donors (Lipinski definition) is 1. The Morgan fingerprint density at radius 2 is 2.24 bits per heavy atom. The van der Waals surface area contributed by atoms with Crippen LogP contribution in [0.3, 0.4) is 0 Å². The molecule has 0 saturated carbocycles. The molecule has 1 N–H and O–H groups in total. The molecule has 1 fully saturated rings. The smallest absolute Gasteiger partial charge is 0.123 e. The zero-order valence-corrected chi connectivity index (χ0v) is 13.1. The summed E-state index contributed by atoms with van der Waals surface area (Å²) in [6.07, 6.45) is 6.01. The highest BCUT2D eigenvalue weighted by Crippen LogP contribution is 2.36. The van der Waals surface area contributed by atoms with Gasteiger partial charge in [-0.1, -0.05) is 13.0 Å². The molecular weight excluding hydrogens is 263 g/mol. The zero-order chi connectivity index (χ0) is 14.7. The Kier molecular flexibility index (Phi) is 4.91. The highest BCUT2D eigenvalue weighted by Gasteiger charge is 2.29. The first-order chi connectivity index (χ1) is 10.3. The van der Waals surface area contributed by atoms with Crippen molar-refractivity contribution in [3.63, 3.8) is 0 Å². The Hall–Kier alpha value is -0.930. The van der Waals surface area contributed by atoms with E-state index in [1.807, 2.05) is 6.07 Å². The first kappa shape index (κ1) is 15.0. The van der Waals surface area contributed by atoms with Crippen LogP contribution in [0, 0.1) is 11.7 Å². The maximum Gasteiger partial charge on any atom is 0.123 e. The van der Waals surface area contributed by atoms with Gasteiger partial charge in [0.15, 0.2) is 0 Å². The lowest BCUT2D eigenvalue weighted by molar-refractivity contribution is 0.153. The van der Waals surface area contributed by atoms with Crippen LogP contribution in [0.5, 0.6) is 0 Å². The van der Waals surface area contributed by atoms with Gasteiger partial charge in [-0.15, -0.1) is 0 Å². The predicted octanol–water partition coefficient (Wildman–Crippen LogP) is 3.52. The Morgan fingerprint density at radius 3 is 3.00 bits per heavy atom. The normalized spacial score (nSPS) is 25.3. The van der Waals surface area contributed by atoms with E-state index in [9.17, 15) is 4.39 Å².